The first-order valence-corrected chi connectivity index (χ1v) is 8.58. The van der Waals surface area contributed by atoms with Gasteiger partial charge in [0.1, 0.15) is 5.75 Å². The van der Waals surface area contributed by atoms with Crippen LogP contribution in [0.4, 0.5) is 0 Å². The third-order valence-corrected chi connectivity index (χ3v) is 5.48. The first kappa shape index (κ1) is 13.6. The van der Waals surface area contributed by atoms with Gasteiger partial charge in [-0.1, -0.05) is 0 Å². The Kier molecular flexibility index (Phi) is 3.52. The zero-order valence-corrected chi connectivity index (χ0v) is 11.9. The summed E-state index contributed by atoms with van der Waals surface area (Å²) in [6.07, 6.45) is 1.05. The van der Waals surface area contributed by atoms with E-state index in [1.54, 1.807) is 6.07 Å². The summed E-state index contributed by atoms with van der Waals surface area (Å²) in [6, 6.07) is 5.16. The van der Waals surface area contributed by atoms with Gasteiger partial charge < -0.3 is 10.1 Å². The number of sulfone groups is 1. The summed E-state index contributed by atoms with van der Waals surface area (Å²) in [4.78, 5) is 12.2. The first-order chi connectivity index (χ1) is 9.53. The Morgan fingerprint density at radius 3 is 3.05 bits per heavy atom. The molecule has 1 saturated heterocycles. The van der Waals surface area contributed by atoms with Crippen LogP contribution in [-0.2, 0) is 16.3 Å². The van der Waals surface area contributed by atoms with Gasteiger partial charge in [-0.15, -0.1) is 0 Å². The fourth-order valence-electron chi connectivity index (χ4n) is 2.70. The average molecular weight is 295 g/mol. The molecule has 0 aliphatic carbocycles. The van der Waals surface area contributed by atoms with Gasteiger partial charge in [0.25, 0.3) is 0 Å². The Labute approximate surface area is 118 Å². The number of fused-ring (bicyclic) bond motifs is 1. The molecule has 0 bridgehead atoms. The summed E-state index contributed by atoms with van der Waals surface area (Å²) in [6.45, 7) is 1.09. The average Bonchev–Trinajstić information content (AvgIpc) is 2.84. The van der Waals surface area contributed by atoms with Crippen molar-refractivity contribution in [1.29, 1.82) is 0 Å². The Morgan fingerprint density at radius 1 is 1.40 bits per heavy atom. The zero-order valence-electron chi connectivity index (χ0n) is 11.1. The Bertz CT molecular complexity index is 639. The van der Waals surface area contributed by atoms with E-state index in [9.17, 15) is 13.2 Å². The fourth-order valence-corrected chi connectivity index (χ4v) is 4.14. The molecule has 1 atom stereocenters. The number of hydrogen-bond donors (Lipinski definition) is 1. The van der Waals surface area contributed by atoms with Crippen LogP contribution in [0, 0.1) is 0 Å². The van der Waals surface area contributed by atoms with Gasteiger partial charge >= 0.3 is 0 Å². The molecule has 2 aliphatic heterocycles. The summed E-state index contributed by atoms with van der Waals surface area (Å²) < 4.78 is 28.5. The van der Waals surface area contributed by atoms with Gasteiger partial charge in [0.15, 0.2) is 15.6 Å². The van der Waals surface area contributed by atoms with Gasteiger partial charge in [-0.3, -0.25) is 4.79 Å². The number of ketones is 1. The topological polar surface area (TPSA) is 72.5 Å². The molecule has 1 aromatic rings. The van der Waals surface area contributed by atoms with Crippen LogP contribution in [0.25, 0.3) is 0 Å². The number of carbonyl (C=O) groups excluding carboxylic acids is 1. The molecule has 1 aromatic carbocycles. The molecule has 3 rings (SSSR count). The van der Waals surface area contributed by atoms with Crippen LogP contribution in [0.1, 0.15) is 22.3 Å². The van der Waals surface area contributed by atoms with Crippen LogP contribution in [0.15, 0.2) is 18.2 Å². The molecular weight excluding hydrogens is 278 g/mol. The molecule has 0 aromatic heterocycles. The Balaban J connectivity index is 1.70. The minimum atomic E-state index is -3.00. The molecule has 0 amide bonds. The third-order valence-electron chi connectivity index (χ3n) is 3.74. The minimum Gasteiger partial charge on any atom is -0.493 e. The van der Waals surface area contributed by atoms with Gasteiger partial charge in [-0.25, -0.2) is 8.42 Å². The number of Topliss-reactive ketones (excluding diaryl/α,β-unsaturated/α-hetero) is 1. The molecule has 0 radical (unpaired) electrons. The van der Waals surface area contributed by atoms with E-state index in [-0.39, 0.29) is 29.8 Å². The van der Waals surface area contributed by atoms with E-state index in [0.717, 1.165) is 17.7 Å². The maximum absolute atomic E-state index is 12.2. The van der Waals surface area contributed by atoms with Crippen molar-refractivity contribution in [2.24, 2.45) is 0 Å². The van der Waals surface area contributed by atoms with Gasteiger partial charge in [0, 0.05) is 31.0 Å². The molecule has 1 N–H and O–H groups in total. The first-order valence-electron chi connectivity index (χ1n) is 6.76. The highest BCUT2D eigenvalue weighted by Gasteiger charge is 2.26. The largest absolute Gasteiger partial charge is 0.493 e. The molecule has 1 fully saturated rings. The second-order valence-electron chi connectivity index (χ2n) is 5.31. The van der Waals surface area contributed by atoms with Crippen LogP contribution >= 0.6 is 0 Å². The predicted octanol–water partition coefficient (Wildman–Crippen LogP) is 0.581. The fraction of sp³-hybridized carbons (Fsp3) is 0.500. The number of ether oxygens (including phenoxy) is 1. The summed E-state index contributed by atoms with van der Waals surface area (Å²) >= 11 is 0. The van der Waals surface area contributed by atoms with Crippen molar-refractivity contribution in [2.45, 2.75) is 18.9 Å². The van der Waals surface area contributed by atoms with E-state index in [1.807, 2.05) is 12.1 Å². The second-order valence-corrected chi connectivity index (χ2v) is 7.54. The van der Waals surface area contributed by atoms with Gasteiger partial charge in [0.05, 0.1) is 18.1 Å². The lowest BCUT2D eigenvalue weighted by Crippen LogP contribution is -2.45. The van der Waals surface area contributed by atoms with Crippen LogP contribution in [0.3, 0.4) is 0 Å². The van der Waals surface area contributed by atoms with Gasteiger partial charge in [0.2, 0.25) is 0 Å². The lowest BCUT2D eigenvalue weighted by atomic mass is 10.0. The molecule has 0 saturated carbocycles. The van der Waals surface area contributed by atoms with E-state index in [2.05, 4.69) is 5.32 Å². The van der Waals surface area contributed by atoms with E-state index in [4.69, 9.17) is 4.74 Å². The normalized spacial score (nSPS) is 23.9. The number of nitrogens with one attached hydrogen (secondary N) is 1. The van der Waals surface area contributed by atoms with Crippen molar-refractivity contribution >= 4 is 15.6 Å². The number of benzene rings is 1. The SMILES string of the molecule is O=C(CC1CS(=O)(=O)CCN1)c1ccc2c(c1)CCO2. The van der Waals surface area contributed by atoms with Gasteiger partial charge in [-0.05, 0) is 23.8 Å². The molecule has 20 heavy (non-hydrogen) atoms. The summed E-state index contributed by atoms with van der Waals surface area (Å²) in [5.41, 5.74) is 1.69. The lowest BCUT2D eigenvalue weighted by molar-refractivity contribution is 0.0971. The molecule has 108 valence electrons. The molecule has 2 aliphatic rings. The summed E-state index contributed by atoms with van der Waals surface area (Å²) in [5, 5.41) is 3.10. The monoisotopic (exact) mass is 295 g/mol. The number of rotatable bonds is 3. The maximum Gasteiger partial charge on any atom is 0.164 e. The van der Waals surface area contributed by atoms with Crippen molar-refractivity contribution in [3.8, 4) is 5.75 Å². The standard InChI is InChI=1S/C14H17NO4S/c16-13(8-12-9-20(17,18)6-4-15-12)10-1-2-14-11(7-10)3-5-19-14/h1-2,7,12,15H,3-6,8-9H2. The maximum atomic E-state index is 12.2. The lowest BCUT2D eigenvalue weighted by Gasteiger charge is -2.23. The molecule has 5 nitrogen and oxygen atoms in total. The van der Waals surface area contributed by atoms with Crippen LogP contribution in [0.2, 0.25) is 0 Å². The number of hydrogen-bond acceptors (Lipinski definition) is 5. The van der Waals surface area contributed by atoms with Crippen molar-refractivity contribution < 1.29 is 17.9 Å². The molecular formula is C14H17NO4S. The van der Waals surface area contributed by atoms with E-state index >= 15 is 0 Å². The van der Waals surface area contributed by atoms with Crippen molar-refractivity contribution in [2.75, 3.05) is 24.7 Å². The van der Waals surface area contributed by atoms with Crippen LogP contribution in [0.5, 0.6) is 5.75 Å². The van der Waals surface area contributed by atoms with E-state index in [1.165, 1.54) is 0 Å². The minimum absolute atomic E-state index is 0.0192. The van der Waals surface area contributed by atoms with Crippen molar-refractivity contribution in [3.05, 3.63) is 29.3 Å². The summed E-state index contributed by atoms with van der Waals surface area (Å²) in [7, 11) is -3.00. The summed E-state index contributed by atoms with van der Waals surface area (Å²) in [5.74, 6) is 1.04. The van der Waals surface area contributed by atoms with Crippen molar-refractivity contribution in [1.82, 2.24) is 5.32 Å². The van der Waals surface area contributed by atoms with E-state index in [0.29, 0.717) is 18.7 Å². The zero-order chi connectivity index (χ0) is 14.2. The third kappa shape index (κ3) is 2.86. The molecule has 2 heterocycles. The molecule has 0 spiro atoms. The highest BCUT2D eigenvalue weighted by molar-refractivity contribution is 7.91. The number of carbonyl (C=O) groups is 1. The predicted molar refractivity (Wildman–Crippen MR) is 75.0 cm³/mol. The smallest absolute Gasteiger partial charge is 0.164 e. The quantitative estimate of drug-likeness (QED) is 0.826. The van der Waals surface area contributed by atoms with Gasteiger partial charge in [-0.2, -0.15) is 0 Å². The van der Waals surface area contributed by atoms with Crippen LogP contribution < -0.4 is 10.1 Å². The van der Waals surface area contributed by atoms with Crippen molar-refractivity contribution in [3.63, 3.8) is 0 Å². The molecule has 1 unspecified atom stereocenters. The Hall–Kier alpha value is -1.40. The highest BCUT2D eigenvalue weighted by atomic mass is 32.2. The Morgan fingerprint density at radius 2 is 2.25 bits per heavy atom. The van der Waals surface area contributed by atoms with E-state index < -0.39 is 9.84 Å². The van der Waals surface area contributed by atoms with Crippen LogP contribution in [-0.4, -0.2) is 44.9 Å². The highest BCUT2D eigenvalue weighted by Crippen LogP contribution is 2.26. The second kappa shape index (κ2) is 5.18. The molecule has 6 heteroatoms.